The van der Waals surface area contributed by atoms with E-state index in [9.17, 15) is 18.4 Å². The van der Waals surface area contributed by atoms with Crippen molar-refractivity contribution in [3.63, 3.8) is 0 Å². The average Bonchev–Trinajstić information content (AvgIpc) is 2.88. The van der Waals surface area contributed by atoms with Crippen LogP contribution in [0.1, 0.15) is 5.56 Å². The first-order valence-electron chi connectivity index (χ1n) is 7.53. The molecule has 128 valence electrons. The molecule has 0 spiro atoms. The van der Waals surface area contributed by atoms with E-state index in [0.29, 0.717) is 6.42 Å². The summed E-state index contributed by atoms with van der Waals surface area (Å²) < 4.78 is 27.1. The van der Waals surface area contributed by atoms with Gasteiger partial charge in [-0.3, -0.25) is 14.5 Å². The lowest BCUT2D eigenvalue weighted by atomic mass is 10.1. The van der Waals surface area contributed by atoms with Gasteiger partial charge in [0, 0.05) is 12.6 Å². The first-order chi connectivity index (χ1) is 12.0. The zero-order valence-electron chi connectivity index (χ0n) is 13.0. The van der Waals surface area contributed by atoms with E-state index in [1.54, 1.807) is 0 Å². The maximum Gasteiger partial charge on any atom is 0.277 e. The number of benzene rings is 2. The second-order valence-corrected chi connectivity index (χ2v) is 5.47. The number of rotatable bonds is 5. The maximum absolute atomic E-state index is 13.8. The number of amides is 2. The minimum atomic E-state index is -1.43. The van der Waals surface area contributed by atoms with E-state index in [2.05, 4.69) is 5.32 Å². The van der Waals surface area contributed by atoms with Gasteiger partial charge in [-0.05, 0) is 24.1 Å². The smallest absolute Gasteiger partial charge is 0.277 e. The molecule has 3 rings (SSSR count). The molecule has 2 aromatic carbocycles. The first kappa shape index (κ1) is 16.6. The van der Waals surface area contributed by atoms with Crippen LogP contribution in [0.25, 0.3) is 0 Å². The maximum atomic E-state index is 13.8. The number of hydrogen-bond acceptors (Lipinski definition) is 4. The molecule has 2 amide bonds. The summed E-state index contributed by atoms with van der Waals surface area (Å²) in [5.41, 5.74) is 0.478. The zero-order valence-corrected chi connectivity index (χ0v) is 13.0. The Labute approximate surface area is 142 Å². The van der Waals surface area contributed by atoms with Crippen LogP contribution in [0.2, 0.25) is 0 Å². The molecule has 0 atom stereocenters. The van der Waals surface area contributed by atoms with E-state index in [4.69, 9.17) is 5.11 Å². The molecule has 1 aliphatic rings. The molecule has 7 heteroatoms. The topological polar surface area (TPSA) is 69.6 Å². The largest absolute Gasteiger partial charge is 0.505 e. The normalized spacial score (nSPS) is 14.0. The number of anilines is 1. The lowest BCUT2D eigenvalue weighted by molar-refractivity contribution is -0.137. The number of halogens is 2. The number of aromatic hydroxyl groups is 1. The Kier molecular flexibility index (Phi) is 4.47. The first-order valence-corrected chi connectivity index (χ1v) is 7.53. The van der Waals surface area contributed by atoms with Gasteiger partial charge in [0.1, 0.15) is 5.70 Å². The second-order valence-electron chi connectivity index (χ2n) is 5.47. The summed E-state index contributed by atoms with van der Waals surface area (Å²) in [7, 11) is 0. The number of hydrogen-bond donors (Lipinski definition) is 2. The van der Waals surface area contributed by atoms with E-state index in [0.717, 1.165) is 28.7 Å². The highest BCUT2D eigenvalue weighted by Gasteiger charge is 2.31. The average molecular weight is 344 g/mol. The molecule has 5 nitrogen and oxygen atoms in total. The van der Waals surface area contributed by atoms with Gasteiger partial charge in [-0.1, -0.05) is 30.3 Å². The highest BCUT2D eigenvalue weighted by Crippen LogP contribution is 2.27. The van der Waals surface area contributed by atoms with Gasteiger partial charge in [0.25, 0.3) is 11.8 Å². The molecule has 25 heavy (non-hydrogen) atoms. The summed E-state index contributed by atoms with van der Waals surface area (Å²) in [6.45, 7) is 0.176. The van der Waals surface area contributed by atoms with Crippen molar-refractivity contribution in [2.24, 2.45) is 0 Å². The van der Waals surface area contributed by atoms with Crippen molar-refractivity contribution in [2.45, 2.75) is 6.42 Å². The van der Waals surface area contributed by atoms with Gasteiger partial charge in [0.05, 0.1) is 5.69 Å². The predicted molar refractivity (Wildman–Crippen MR) is 86.6 cm³/mol. The van der Waals surface area contributed by atoms with Gasteiger partial charge in [0.2, 0.25) is 5.82 Å². The van der Waals surface area contributed by atoms with Gasteiger partial charge in [-0.2, -0.15) is 4.39 Å². The quantitative estimate of drug-likeness (QED) is 0.646. The van der Waals surface area contributed by atoms with Crippen molar-refractivity contribution in [1.82, 2.24) is 4.90 Å². The van der Waals surface area contributed by atoms with Crippen molar-refractivity contribution >= 4 is 17.5 Å². The second kappa shape index (κ2) is 6.72. The fourth-order valence-corrected chi connectivity index (χ4v) is 2.48. The van der Waals surface area contributed by atoms with Crippen molar-refractivity contribution in [3.05, 3.63) is 71.4 Å². The van der Waals surface area contributed by atoms with Crippen LogP contribution in [-0.4, -0.2) is 28.4 Å². The van der Waals surface area contributed by atoms with Crippen LogP contribution in [-0.2, 0) is 16.0 Å². The third-order valence-corrected chi connectivity index (χ3v) is 3.81. The number of imide groups is 1. The minimum Gasteiger partial charge on any atom is -0.505 e. The lowest BCUT2D eigenvalue weighted by Gasteiger charge is -2.15. The van der Waals surface area contributed by atoms with Crippen LogP contribution >= 0.6 is 0 Å². The fourth-order valence-electron chi connectivity index (χ4n) is 2.48. The summed E-state index contributed by atoms with van der Waals surface area (Å²) in [5, 5.41) is 11.5. The monoisotopic (exact) mass is 344 g/mol. The molecule has 0 radical (unpaired) electrons. The Balaban J connectivity index is 1.70. The number of nitrogens with zero attached hydrogens (tertiary/aromatic N) is 1. The number of nitrogens with one attached hydrogen (secondary N) is 1. The third kappa shape index (κ3) is 3.35. The molecule has 0 saturated carbocycles. The van der Waals surface area contributed by atoms with Crippen LogP contribution in [0.5, 0.6) is 5.75 Å². The van der Waals surface area contributed by atoms with Crippen LogP contribution in [0.4, 0.5) is 14.5 Å². The SMILES string of the molecule is O=C1C=C(Nc2ccc(O)c(F)c2F)C(=O)N1CCc1ccccc1. The molecule has 0 unspecified atom stereocenters. The van der Waals surface area contributed by atoms with Crippen LogP contribution in [0.15, 0.2) is 54.2 Å². The highest BCUT2D eigenvalue weighted by molar-refractivity contribution is 6.17. The van der Waals surface area contributed by atoms with Crippen LogP contribution < -0.4 is 5.32 Å². The van der Waals surface area contributed by atoms with Crippen molar-refractivity contribution < 1.29 is 23.5 Å². The lowest BCUT2D eigenvalue weighted by Crippen LogP contribution is -2.34. The number of carbonyl (C=O) groups is 2. The Morgan fingerprint density at radius 2 is 1.72 bits per heavy atom. The Morgan fingerprint density at radius 3 is 2.44 bits per heavy atom. The molecule has 1 heterocycles. The number of phenolic OH excluding ortho intramolecular Hbond substituents is 1. The summed E-state index contributed by atoms with van der Waals surface area (Å²) in [4.78, 5) is 25.3. The molecular weight excluding hydrogens is 330 g/mol. The fraction of sp³-hybridized carbons (Fsp3) is 0.111. The molecule has 0 saturated heterocycles. The number of carbonyl (C=O) groups excluding carboxylic acids is 2. The Morgan fingerprint density at radius 1 is 1.00 bits per heavy atom. The number of phenols is 1. The van der Waals surface area contributed by atoms with E-state index in [1.165, 1.54) is 0 Å². The zero-order chi connectivity index (χ0) is 18.0. The van der Waals surface area contributed by atoms with Gasteiger partial charge >= 0.3 is 0 Å². The van der Waals surface area contributed by atoms with E-state index < -0.39 is 29.2 Å². The van der Waals surface area contributed by atoms with Crippen molar-refractivity contribution in [3.8, 4) is 5.75 Å². The molecule has 0 aliphatic carbocycles. The van der Waals surface area contributed by atoms with Crippen molar-refractivity contribution in [2.75, 3.05) is 11.9 Å². The van der Waals surface area contributed by atoms with E-state index >= 15 is 0 Å². The summed E-state index contributed by atoms with van der Waals surface area (Å²) in [5.74, 6) is -4.74. The summed E-state index contributed by atoms with van der Waals surface area (Å²) >= 11 is 0. The van der Waals surface area contributed by atoms with Gasteiger partial charge in [-0.25, -0.2) is 4.39 Å². The summed E-state index contributed by atoms with van der Waals surface area (Å²) in [6, 6.07) is 11.4. The Hall–Kier alpha value is -3.22. The highest BCUT2D eigenvalue weighted by atomic mass is 19.2. The Bertz CT molecular complexity index is 866. The minimum absolute atomic E-state index is 0.151. The van der Waals surface area contributed by atoms with E-state index in [1.807, 2.05) is 30.3 Å². The molecule has 2 N–H and O–H groups in total. The van der Waals surface area contributed by atoms with Gasteiger partial charge in [-0.15, -0.1) is 0 Å². The standard InChI is InChI=1S/C18H14F2N2O3/c19-16-12(6-7-14(23)17(16)20)21-13-10-15(24)22(18(13)25)9-8-11-4-2-1-3-5-11/h1-7,10,21,23H,8-9H2. The van der Waals surface area contributed by atoms with Crippen LogP contribution in [0, 0.1) is 11.6 Å². The van der Waals surface area contributed by atoms with E-state index in [-0.39, 0.29) is 17.9 Å². The van der Waals surface area contributed by atoms with Crippen LogP contribution in [0.3, 0.4) is 0 Å². The molecular formula is C18H14F2N2O3. The predicted octanol–water partition coefficient (Wildman–Crippen LogP) is 2.58. The van der Waals surface area contributed by atoms with Crippen molar-refractivity contribution in [1.29, 1.82) is 0 Å². The molecule has 0 bridgehead atoms. The molecule has 0 aromatic heterocycles. The van der Waals surface area contributed by atoms with Gasteiger partial charge in [0.15, 0.2) is 11.6 Å². The molecule has 0 fully saturated rings. The molecule has 2 aromatic rings. The third-order valence-electron chi connectivity index (χ3n) is 3.81. The van der Waals surface area contributed by atoms with Gasteiger partial charge < -0.3 is 10.4 Å². The molecule has 1 aliphatic heterocycles. The summed E-state index contributed by atoms with van der Waals surface area (Å²) in [6.07, 6.45) is 1.53.